The molecule has 1 amide bonds. The van der Waals surface area contributed by atoms with Gasteiger partial charge in [-0.2, -0.15) is 5.10 Å². The SMILES string of the molecule is Cc1c(C(=O)N(C)CCCc2cc(-c3ccc(F)cc3)n[nH]2)nnn1-c1cccc(Br)c1. The van der Waals surface area contributed by atoms with Crippen LogP contribution < -0.4 is 0 Å². The van der Waals surface area contributed by atoms with E-state index in [2.05, 4.69) is 36.4 Å². The molecule has 7 nitrogen and oxygen atoms in total. The first-order valence-corrected chi connectivity index (χ1v) is 11.0. The Labute approximate surface area is 193 Å². The monoisotopic (exact) mass is 496 g/mol. The molecule has 2 heterocycles. The summed E-state index contributed by atoms with van der Waals surface area (Å²) in [5.74, 6) is -0.440. The highest BCUT2D eigenvalue weighted by Gasteiger charge is 2.20. The molecule has 2 aromatic heterocycles. The number of carbonyl (C=O) groups is 1. The molecular weight excluding hydrogens is 475 g/mol. The molecule has 0 saturated carbocycles. The molecule has 0 fully saturated rings. The molecule has 0 saturated heterocycles. The summed E-state index contributed by atoms with van der Waals surface area (Å²) in [6.07, 6.45) is 1.49. The van der Waals surface area contributed by atoms with Gasteiger partial charge in [-0.1, -0.05) is 27.2 Å². The number of amides is 1. The van der Waals surface area contributed by atoms with Crippen molar-refractivity contribution in [2.75, 3.05) is 13.6 Å². The highest BCUT2D eigenvalue weighted by atomic mass is 79.9. The number of nitrogens with one attached hydrogen (secondary N) is 1. The van der Waals surface area contributed by atoms with Gasteiger partial charge in [0, 0.05) is 29.3 Å². The average Bonchev–Trinajstić information content (AvgIpc) is 3.40. The lowest BCUT2D eigenvalue weighted by Gasteiger charge is -2.15. The molecular formula is C23H22BrFN6O. The van der Waals surface area contributed by atoms with E-state index in [0.717, 1.165) is 40.0 Å². The standard InChI is InChI=1S/C23H22BrFN6O/c1-15-22(28-29-31(15)20-7-3-5-17(24)13-20)23(32)30(2)12-4-6-19-14-21(27-26-19)16-8-10-18(25)11-9-16/h3,5,7-11,13-14H,4,6,12H2,1-2H3,(H,26,27). The third-order valence-corrected chi connectivity index (χ3v) is 5.70. The molecule has 164 valence electrons. The number of benzene rings is 2. The molecule has 4 aromatic rings. The summed E-state index contributed by atoms with van der Waals surface area (Å²) in [4.78, 5) is 14.5. The number of halogens is 2. The Morgan fingerprint density at radius 3 is 2.72 bits per heavy atom. The molecule has 2 aromatic carbocycles. The molecule has 0 aliphatic carbocycles. The van der Waals surface area contributed by atoms with E-state index in [1.165, 1.54) is 12.1 Å². The van der Waals surface area contributed by atoms with Gasteiger partial charge >= 0.3 is 0 Å². The third kappa shape index (κ3) is 4.77. The van der Waals surface area contributed by atoms with Crippen molar-refractivity contribution in [3.8, 4) is 16.9 Å². The summed E-state index contributed by atoms with van der Waals surface area (Å²) in [6, 6.07) is 15.8. The largest absolute Gasteiger partial charge is 0.340 e. The van der Waals surface area contributed by atoms with Crippen LogP contribution in [0, 0.1) is 12.7 Å². The first kappa shape index (κ1) is 21.9. The lowest BCUT2D eigenvalue weighted by Crippen LogP contribution is -2.29. The molecule has 0 aliphatic heterocycles. The van der Waals surface area contributed by atoms with Crippen LogP contribution in [-0.4, -0.2) is 49.6 Å². The number of aryl methyl sites for hydroxylation is 1. The van der Waals surface area contributed by atoms with Crippen molar-refractivity contribution < 1.29 is 9.18 Å². The fourth-order valence-corrected chi connectivity index (χ4v) is 3.81. The minimum Gasteiger partial charge on any atom is -0.340 e. The van der Waals surface area contributed by atoms with E-state index in [1.807, 2.05) is 37.3 Å². The Morgan fingerprint density at radius 2 is 1.97 bits per heavy atom. The van der Waals surface area contributed by atoms with Crippen LogP contribution in [-0.2, 0) is 6.42 Å². The van der Waals surface area contributed by atoms with Crippen molar-refractivity contribution in [1.29, 1.82) is 0 Å². The number of rotatable bonds is 7. The van der Waals surface area contributed by atoms with Gasteiger partial charge < -0.3 is 4.90 Å². The molecule has 0 atom stereocenters. The maximum absolute atomic E-state index is 13.1. The topological polar surface area (TPSA) is 79.7 Å². The van der Waals surface area contributed by atoms with Gasteiger partial charge in [-0.3, -0.25) is 9.89 Å². The van der Waals surface area contributed by atoms with Crippen molar-refractivity contribution in [3.63, 3.8) is 0 Å². The molecule has 4 rings (SSSR count). The van der Waals surface area contributed by atoms with E-state index < -0.39 is 0 Å². The van der Waals surface area contributed by atoms with Gasteiger partial charge in [0.05, 0.1) is 17.1 Å². The zero-order valence-electron chi connectivity index (χ0n) is 17.7. The van der Waals surface area contributed by atoms with E-state index in [1.54, 1.807) is 28.8 Å². The second-order valence-corrected chi connectivity index (χ2v) is 8.45. The van der Waals surface area contributed by atoms with Crippen molar-refractivity contribution in [3.05, 3.63) is 82.0 Å². The van der Waals surface area contributed by atoms with Gasteiger partial charge in [-0.25, -0.2) is 9.07 Å². The lowest BCUT2D eigenvalue weighted by molar-refractivity contribution is 0.0787. The summed E-state index contributed by atoms with van der Waals surface area (Å²) in [5, 5.41) is 15.6. The highest BCUT2D eigenvalue weighted by Crippen LogP contribution is 2.20. The molecule has 0 radical (unpaired) electrons. The summed E-state index contributed by atoms with van der Waals surface area (Å²) < 4.78 is 15.7. The van der Waals surface area contributed by atoms with Crippen molar-refractivity contribution in [2.45, 2.75) is 19.8 Å². The molecule has 1 N–H and O–H groups in total. The quantitative estimate of drug-likeness (QED) is 0.406. The van der Waals surface area contributed by atoms with Crippen LogP contribution in [0.5, 0.6) is 0 Å². The van der Waals surface area contributed by atoms with Crippen LogP contribution in [0.15, 0.2) is 59.1 Å². The van der Waals surface area contributed by atoms with E-state index in [4.69, 9.17) is 0 Å². The molecule has 0 aliphatic rings. The van der Waals surface area contributed by atoms with Gasteiger partial charge in [-0.15, -0.1) is 5.10 Å². The van der Waals surface area contributed by atoms with Gasteiger partial charge in [0.2, 0.25) is 0 Å². The van der Waals surface area contributed by atoms with Gasteiger partial charge in [-0.05, 0) is 68.3 Å². The summed E-state index contributed by atoms with van der Waals surface area (Å²) in [5.41, 5.74) is 4.45. The molecule has 0 bridgehead atoms. The van der Waals surface area contributed by atoms with Crippen molar-refractivity contribution >= 4 is 21.8 Å². The number of carbonyl (C=O) groups excluding carboxylic acids is 1. The summed E-state index contributed by atoms with van der Waals surface area (Å²) in [6.45, 7) is 2.40. The van der Waals surface area contributed by atoms with Crippen LogP contribution in [0.4, 0.5) is 4.39 Å². The fourth-order valence-electron chi connectivity index (χ4n) is 3.43. The molecule has 0 spiro atoms. The Bertz CT molecular complexity index is 1230. The van der Waals surface area contributed by atoms with Crippen LogP contribution in [0.1, 0.15) is 28.3 Å². The number of aromatic amines is 1. The average molecular weight is 497 g/mol. The predicted molar refractivity (Wildman–Crippen MR) is 123 cm³/mol. The number of hydrogen-bond acceptors (Lipinski definition) is 4. The molecule has 32 heavy (non-hydrogen) atoms. The smallest absolute Gasteiger partial charge is 0.276 e. The number of hydrogen-bond donors (Lipinski definition) is 1. The fraction of sp³-hybridized carbons (Fsp3) is 0.217. The van der Waals surface area contributed by atoms with Crippen LogP contribution in [0.2, 0.25) is 0 Å². The maximum Gasteiger partial charge on any atom is 0.276 e. The third-order valence-electron chi connectivity index (χ3n) is 5.21. The van der Waals surface area contributed by atoms with Gasteiger partial charge in [0.15, 0.2) is 5.69 Å². The molecule has 0 unspecified atom stereocenters. The van der Waals surface area contributed by atoms with Gasteiger partial charge in [0.1, 0.15) is 5.82 Å². The van der Waals surface area contributed by atoms with E-state index in [9.17, 15) is 9.18 Å². The van der Waals surface area contributed by atoms with Crippen LogP contribution in [0.3, 0.4) is 0 Å². The number of H-pyrrole nitrogens is 1. The van der Waals surface area contributed by atoms with Crippen LogP contribution >= 0.6 is 15.9 Å². The van der Waals surface area contributed by atoms with E-state index in [-0.39, 0.29) is 11.7 Å². The second kappa shape index (κ2) is 9.44. The zero-order chi connectivity index (χ0) is 22.7. The predicted octanol–water partition coefficient (Wildman–Crippen LogP) is 4.57. The van der Waals surface area contributed by atoms with Gasteiger partial charge in [0.25, 0.3) is 5.91 Å². The first-order chi connectivity index (χ1) is 15.4. The minimum atomic E-state index is -0.274. The normalized spacial score (nSPS) is 11.0. The Morgan fingerprint density at radius 1 is 1.19 bits per heavy atom. The first-order valence-electron chi connectivity index (χ1n) is 10.2. The summed E-state index contributed by atoms with van der Waals surface area (Å²) >= 11 is 3.45. The Hall–Kier alpha value is -3.33. The Kier molecular flexibility index (Phi) is 6.45. The van der Waals surface area contributed by atoms with Crippen molar-refractivity contribution in [2.24, 2.45) is 0 Å². The van der Waals surface area contributed by atoms with E-state index >= 15 is 0 Å². The van der Waals surface area contributed by atoms with Crippen molar-refractivity contribution in [1.82, 2.24) is 30.1 Å². The number of nitrogens with zero attached hydrogens (tertiary/aromatic N) is 5. The number of aromatic nitrogens is 5. The lowest BCUT2D eigenvalue weighted by atomic mass is 10.1. The summed E-state index contributed by atoms with van der Waals surface area (Å²) in [7, 11) is 1.76. The Balaban J connectivity index is 1.35. The highest BCUT2D eigenvalue weighted by molar-refractivity contribution is 9.10. The van der Waals surface area contributed by atoms with E-state index in [0.29, 0.717) is 17.9 Å². The molecule has 9 heteroatoms. The van der Waals surface area contributed by atoms with Crippen LogP contribution in [0.25, 0.3) is 16.9 Å². The zero-order valence-corrected chi connectivity index (χ0v) is 19.3. The second-order valence-electron chi connectivity index (χ2n) is 7.53. The minimum absolute atomic E-state index is 0.166. The maximum atomic E-state index is 13.1.